The van der Waals surface area contributed by atoms with E-state index >= 15 is 0 Å². The third-order valence-electron chi connectivity index (χ3n) is 4.02. The second-order valence-electron chi connectivity index (χ2n) is 5.62. The van der Waals surface area contributed by atoms with E-state index in [9.17, 15) is 9.59 Å². The first kappa shape index (κ1) is 17.2. The van der Waals surface area contributed by atoms with E-state index in [1.807, 2.05) is 41.8 Å². The molecule has 130 valence electrons. The summed E-state index contributed by atoms with van der Waals surface area (Å²) in [5.41, 5.74) is 1.69. The topological polar surface area (TPSA) is 79.2 Å². The fourth-order valence-corrected chi connectivity index (χ4v) is 3.57. The van der Waals surface area contributed by atoms with Crippen LogP contribution in [0.25, 0.3) is 0 Å². The Bertz CT molecular complexity index is 801. The molecule has 0 unspecified atom stereocenters. The minimum Gasteiger partial charge on any atom is -0.496 e. The van der Waals surface area contributed by atoms with Crippen LogP contribution in [0.15, 0.2) is 46.9 Å². The number of aliphatic carboxylic acids is 1. The van der Waals surface area contributed by atoms with Crippen LogP contribution in [0.3, 0.4) is 0 Å². The van der Waals surface area contributed by atoms with Gasteiger partial charge in [0.25, 0.3) is 0 Å². The number of amides is 1. The molecule has 2 heterocycles. The highest BCUT2D eigenvalue weighted by molar-refractivity contribution is 7.12. The molecule has 1 N–H and O–H groups in total. The Hall–Kier alpha value is -2.67. The number of carbonyl (C=O) groups is 2. The van der Waals surface area contributed by atoms with Gasteiger partial charge in [-0.25, -0.2) is 5.01 Å². The van der Waals surface area contributed by atoms with Gasteiger partial charge in [0.15, 0.2) is 0 Å². The van der Waals surface area contributed by atoms with Gasteiger partial charge in [0, 0.05) is 18.4 Å². The number of carbonyl (C=O) groups excluding carboxylic acids is 1. The summed E-state index contributed by atoms with van der Waals surface area (Å²) < 4.78 is 5.43. The summed E-state index contributed by atoms with van der Waals surface area (Å²) in [6, 6.07) is 11.1. The van der Waals surface area contributed by atoms with Crippen LogP contribution in [0, 0.1) is 0 Å². The zero-order chi connectivity index (χ0) is 17.8. The van der Waals surface area contributed by atoms with Crippen molar-refractivity contribution in [3.05, 3.63) is 52.2 Å². The standard InChI is InChI=1S/C18H18N2O4S/c1-24-15-6-3-2-5-12(15)14-11-13(16-7-4-10-25-16)19-20(14)17(21)8-9-18(22)23/h2-7,10,14H,8-9,11H2,1H3,(H,22,23)/t14-/m1/s1. The average molecular weight is 358 g/mol. The largest absolute Gasteiger partial charge is 0.496 e. The van der Waals surface area contributed by atoms with E-state index in [-0.39, 0.29) is 24.8 Å². The van der Waals surface area contributed by atoms with Crippen molar-refractivity contribution in [2.45, 2.75) is 25.3 Å². The number of thiophene rings is 1. The summed E-state index contributed by atoms with van der Waals surface area (Å²) in [6.07, 6.45) is 0.278. The molecule has 1 amide bonds. The summed E-state index contributed by atoms with van der Waals surface area (Å²) in [4.78, 5) is 24.4. The van der Waals surface area contributed by atoms with Gasteiger partial charge in [-0.2, -0.15) is 5.10 Å². The quantitative estimate of drug-likeness (QED) is 0.859. The van der Waals surface area contributed by atoms with Gasteiger partial charge >= 0.3 is 5.97 Å². The molecule has 6 nitrogen and oxygen atoms in total. The molecule has 0 saturated heterocycles. The fourth-order valence-electron chi connectivity index (χ4n) is 2.84. The lowest BCUT2D eigenvalue weighted by molar-refractivity contribution is -0.141. The average Bonchev–Trinajstić information content (AvgIpc) is 3.28. The van der Waals surface area contributed by atoms with E-state index in [1.165, 1.54) is 5.01 Å². The Labute approximate surface area is 149 Å². The van der Waals surface area contributed by atoms with Crippen molar-refractivity contribution in [3.63, 3.8) is 0 Å². The van der Waals surface area contributed by atoms with E-state index in [0.717, 1.165) is 16.2 Å². The van der Waals surface area contributed by atoms with E-state index in [4.69, 9.17) is 9.84 Å². The molecule has 0 aliphatic carbocycles. The SMILES string of the molecule is COc1ccccc1[C@H]1CC(c2cccs2)=NN1C(=O)CCC(=O)O. The number of hydrazone groups is 1. The van der Waals surface area contributed by atoms with Crippen LogP contribution >= 0.6 is 11.3 Å². The van der Waals surface area contributed by atoms with Gasteiger partial charge in [-0.05, 0) is 17.5 Å². The summed E-state index contributed by atoms with van der Waals surface area (Å²) in [6.45, 7) is 0. The third-order valence-corrected chi connectivity index (χ3v) is 4.94. The molecule has 25 heavy (non-hydrogen) atoms. The number of hydrogen-bond donors (Lipinski definition) is 1. The minimum absolute atomic E-state index is 0.0811. The molecule has 2 aromatic rings. The molecule has 0 bridgehead atoms. The molecule has 1 atom stereocenters. The van der Waals surface area contributed by atoms with Crippen LogP contribution in [0.5, 0.6) is 5.75 Å². The number of carboxylic acid groups (broad SMARTS) is 1. The first-order chi connectivity index (χ1) is 12.1. The van der Waals surface area contributed by atoms with Crippen molar-refractivity contribution in [2.24, 2.45) is 5.10 Å². The molecule has 0 radical (unpaired) electrons. The molecule has 3 rings (SSSR count). The molecule has 0 saturated carbocycles. The minimum atomic E-state index is -0.996. The number of para-hydroxylation sites is 1. The molecular formula is C18H18N2O4S. The molecular weight excluding hydrogens is 340 g/mol. The van der Waals surface area contributed by atoms with Crippen LogP contribution in [-0.2, 0) is 9.59 Å². The van der Waals surface area contributed by atoms with Crippen molar-refractivity contribution in [2.75, 3.05) is 7.11 Å². The zero-order valence-corrected chi connectivity index (χ0v) is 14.5. The number of carboxylic acids is 1. The Kier molecular flexibility index (Phi) is 5.14. The number of nitrogens with zero attached hydrogens (tertiary/aromatic N) is 2. The molecule has 1 aliphatic rings. The lowest BCUT2D eigenvalue weighted by Crippen LogP contribution is -2.27. The number of hydrogen-bond acceptors (Lipinski definition) is 5. The van der Waals surface area contributed by atoms with E-state index in [2.05, 4.69) is 5.10 Å². The van der Waals surface area contributed by atoms with Crippen molar-refractivity contribution in [3.8, 4) is 5.75 Å². The molecule has 0 fully saturated rings. The zero-order valence-electron chi connectivity index (χ0n) is 13.7. The van der Waals surface area contributed by atoms with Crippen molar-refractivity contribution < 1.29 is 19.4 Å². The molecule has 0 spiro atoms. The predicted molar refractivity (Wildman–Crippen MR) is 94.9 cm³/mol. The van der Waals surface area contributed by atoms with Gasteiger partial charge < -0.3 is 9.84 Å². The normalized spacial score (nSPS) is 16.6. The monoisotopic (exact) mass is 358 g/mol. The Balaban J connectivity index is 1.92. The van der Waals surface area contributed by atoms with Crippen LogP contribution in [-0.4, -0.2) is 34.8 Å². The second kappa shape index (κ2) is 7.48. The van der Waals surface area contributed by atoms with Crippen LogP contribution in [0.4, 0.5) is 0 Å². The second-order valence-corrected chi connectivity index (χ2v) is 6.57. The summed E-state index contributed by atoms with van der Waals surface area (Å²) >= 11 is 1.57. The van der Waals surface area contributed by atoms with Gasteiger partial charge in [0.1, 0.15) is 5.75 Å². The predicted octanol–water partition coefficient (Wildman–Crippen LogP) is 3.30. The van der Waals surface area contributed by atoms with Crippen molar-refractivity contribution in [1.82, 2.24) is 5.01 Å². The number of ether oxygens (including phenoxy) is 1. The third kappa shape index (κ3) is 3.71. The highest BCUT2D eigenvalue weighted by Gasteiger charge is 2.34. The van der Waals surface area contributed by atoms with Crippen LogP contribution in [0.1, 0.15) is 35.7 Å². The van der Waals surface area contributed by atoms with Gasteiger partial charge in [-0.1, -0.05) is 24.3 Å². The lowest BCUT2D eigenvalue weighted by atomic mass is 10.00. The summed E-state index contributed by atoms with van der Waals surface area (Å²) in [5.74, 6) is -0.611. The van der Waals surface area contributed by atoms with Crippen molar-refractivity contribution >= 4 is 28.9 Å². The highest BCUT2D eigenvalue weighted by Crippen LogP contribution is 2.38. The van der Waals surface area contributed by atoms with Gasteiger partial charge in [0.2, 0.25) is 5.91 Å². The number of rotatable bonds is 6. The van der Waals surface area contributed by atoms with Crippen LogP contribution < -0.4 is 4.74 Å². The Morgan fingerprint density at radius 1 is 1.28 bits per heavy atom. The molecule has 1 aliphatic heterocycles. The number of methoxy groups -OCH3 is 1. The maximum atomic E-state index is 12.6. The molecule has 1 aromatic carbocycles. The summed E-state index contributed by atoms with van der Waals surface area (Å²) in [5, 5.41) is 16.7. The Morgan fingerprint density at radius 2 is 2.08 bits per heavy atom. The first-order valence-corrected chi connectivity index (χ1v) is 8.76. The number of benzene rings is 1. The molecule has 1 aromatic heterocycles. The van der Waals surface area contributed by atoms with Crippen LogP contribution in [0.2, 0.25) is 0 Å². The lowest BCUT2D eigenvalue weighted by Gasteiger charge is -2.23. The van der Waals surface area contributed by atoms with E-state index in [0.29, 0.717) is 12.2 Å². The van der Waals surface area contributed by atoms with Gasteiger partial charge in [-0.15, -0.1) is 11.3 Å². The van der Waals surface area contributed by atoms with E-state index < -0.39 is 5.97 Å². The Morgan fingerprint density at radius 3 is 2.76 bits per heavy atom. The fraction of sp³-hybridized carbons (Fsp3) is 0.278. The summed E-state index contributed by atoms with van der Waals surface area (Å²) in [7, 11) is 1.59. The highest BCUT2D eigenvalue weighted by atomic mass is 32.1. The maximum absolute atomic E-state index is 12.6. The molecule has 7 heteroatoms. The first-order valence-electron chi connectivity index (χ1n) is 7.88. The smallest absolute Gasteiger partial charge is 0.303 e. The van der Waals surface area contributed by atoms with Crippen molar-refractivity contribution in [1.29, 1.82) is 0 Å². The van der Waals surface area contributed by atoms with E-state index in [1.54, 1.807) is 18.4 Å². The van der Waals surface area contributed by atoms with Gasteiger partial charge in [0.05, 0.1) is 30.2 Å². The maximum Gasteiger partial charge on any atom is 0.303 e. The van der Waals surface area contributed by atoms with Gasteiger partial charge in [-0.3, -0.25) is 9.59 Å².